The van der Waals surface area contributed by atoms with E-state index in [1.165, 1.54) is 0 Å². The van der Waals surface area contributed by atoms with Crippen LogP contribution in [0.5, 0.6) is 0 Å². The molecule has 0 heterocycles. The zero-order valence-corrected chi connectivity index (χ0v) is 21.0. The van der Waals surface area contributed by atoms with Crippen LogP contribution in [0.2, 0.25) is 0 Å². The Labute approximate surface area is 203 Å². The lowest BCUT2D eigenvalue weighted by Crippen LogP contribution is -2.44. The van der Waals surface area contributed by atoms with Crippen LogP contribution in [-0.4, -0.2) is 36.6 Å². The van der Waals surface area contributed by atoms with Gasteiger partial charge in [-0.25, -0.2) is 4.99 Å². The van der Waals surface area contributed by atoms with Gasteiger partial charge < -0.3 is 21.1 Å². The van der Waals surface area contributed by atoms with Crippen molar-refractivity contribution in [1.29, 1.82) is 0 Å². The van der Waals surface area contributed by atoms with Crippen molar-refractivity contribution in [3.8, 4) is 0 Å². The average Bonchev–Trinajstić information content (AvgIpc) is 2.77. The number of aliphatic hydroxyl groups is 1. The van der Waals surface area contributed by atoms with E-state index in [1.54, 1.807) is 6.92 Å². The molecule has 1 unspecified atom stereocenters. The number of amides is 1. The van der Waals surface area contributed by atoms with Crippen molar-refractivity contribution in [2.45, 2.75) is 45.8 Å². The Bertz CT molecular complexity index is 808. The smallest absolute Gasteiger partial charge is 0.251 e. The average molecular weight is 538 g/mol. The second-order valence-corrected chi connectivity index (χ2v) is 7.49. The molecule has 0 spiro atoms. The van der Waals surface area contributed by atoms with Gasteiger partial charge in [0.25, 0.3) is 5.91 Å². The van der Waals surface area contributed by atoms with Crippen LogP contribution in [0.1, 0.15) is 55.1 Å². The standard InChI is InChI=1S/C24H34N4O2.HI/c1-4-6-16-26-22(29)20-14-12-19(13-15-20)17-27-23(25-5-2)28-18-24(3,30)21-10-8-7-9-11-21;/h7-15,30H,4-6,16-18H2,1-3H3,(H,26,29)(H2,25,27,28);1H. The molecule has 2 rings (SSSR count). The number of carbonyl (C=O) groups is 1. The predicted octanol–water partition coefficient (Wildman–Crippen LogP) is 3.80. The first-order chi connectivity index (χ1) is 14.5. The van der Waals surface area contributed by atoms with Gasteiger partial charge in [0.15, 0.2) is 5.96 Å². The molecule has 6 nitrogen and oxygen atoms in total. The Morgan fingerprint density at radius 3 is 2.29 bits per heavy atom. The Hall–Kier alpha value is -2.13. The van der Waals surface area contributed by atoms with Crippen LogP contribution in [-0.2, 0) is 12.1 Å². The molecule has 0 fully saturated rings. The number of nitrogens with zero attached hydrogens (tertiary/aromatic N) is 1. The number of hydrogen-bond donors (Lipinski definition) is 4. The minimum Gasteiger partial charge on any atom is -0.384 e. The van der Waals surface area contributed by atoms with Gasteiger partial charge >= 0.3 is 0 Å². The number of halogens is 1. The summed E-state index contributed by atoms with van der Waals surface area (Å²) >= 11 is 0. The van der Waals surface area contributed by atoms with Crippen LogP contribution in [0, 0.1) is 0 Å². The van der Waals surface area contributed by atoms with E-state index in [1.807, 2.05) is 61.5 Å². The molecular weight excluding hydrogens is 503 g/mol. The molecular formula is C24H35IN4O2. The van der Waals surface area contributed by atoms with Crippen molar-refractivity contribution >= 4 is 35.8 Å². The molecule has 0 saturated carbocycles. The molecule has 2 aromatic carbocycles. The summed E-state index contributed by atoms with van der Waals surface area (Å²) in [7, 11) is 0. The maximum absolute atomic E-state index is 12.1. The van der Waals surface area contributed by atoms with Gasteiger partial charge in [-0.3, -0.25) is 4.79 Å². The van der Waals surface area contributed by atoms with Crippen LogP contribution in [0.25, 0.3) is 0 Å². The number of aliphatic imine (C=N–C) groups is 1. The summed E-state index contributed by atoms with van der Waals surface area (Å²) in [4.78, 5) is 16.7. The van der Waals surface area contributed by atoms with Crippen molar-refractivity contribution in [3.63, 3.8) is 0 Å². The van der Waals surface area contributed by atoms with Gasteiger partial charge in [0, 0.05) is 18.7 Å². The van der Waals surface area contributed by atoms with E-state index in [2.05, 4.69) is 27.9 Å². The summed E-state index contributed by atoms with van der Waals surface area (Å²) < 4.78 is 0. The number of benzene rings is 2. The van der Waals surface area contributed by atoms with Gasteiger partial charge in [0.2, 0.25) is 0 Å². The van der Waals surface area contributed by atoms with E-state index in [4.69, 9.17) is 0 Å². The Morgan fingerprint density at radius 2 is 1.68 bits per heavy atom. The van der Waals surface area contributed by atoms with E-state index in [9.17, 15) is 9.90 Å². The summed E-state index contributed by atoms with van der Waals surface area (Å²) in [5, 5.41) is 20.1. The lowest BCUT2D eigenvalue weighted by molar-refractivity contribution is 0.0617. The number of carbonyl (C=O) groups excluding carboxylic acids is 1. The third-order valence-electron chi connectivity index (χ3n) is 4.79. The fraction of sp³-hybridized carbons (Fsp3) is 0.417. The minimum absolute atomic E-state index is 0. The molecule has 7 heteroatoms. The van der Waals surface area contributed by atoms with Gasteiger partial charge in [-0.05, 0) is 43.5 Å². The topological polar surface area (TPSA) is 85.8 Å². The maximum Gasteiger partial charge on any atom is 0.251 e. The van der Waals surface area contributed by atoms with E-state index < -0.39 is 5.60 Å². The molecule has 0 aliphatic carbocycles. The first-order valence-electron chi connectivity index (χ1n) is 10.6. The molecule has 31 heavy (non-hydrogen) atoms. The van der Waals surface area contributed by atoms with Crippen LogP contribution >= 0.6 is 24.0 Å². The summed E-state index contributed by atoms with van der Waals surface area (Å²) in [6.07, 6.45) is 2.04. The van der Waals surface area contributed by atoms with Gasteiger partial charge in [-0.1, -0.05) is 55.8 Å². The third kappa shape index (κ3) is 9.26. The lowest BCUT2D eigenvalue weighted by atomic mass is 9.96. The van der Waals surface area contributed by atoms with Crippen molar-refractivity contribution < 1.29 is 9.90 Å². The molecule has 0 aliphatic rings. The molecule has 170 valence electrons. The molecule has 0 bridgehead atoms. The monoisotopic (exact) mass is 538 g/mol. The number of rotatable bonds is 10. The summed E-state index contributed by atoms with van der Waals surface area (Å²) in [6.45, 7) is 8.10. The van der Waals surface area contributed by atoms with Crippen LogP contribution in [0.4, 0.5) is 0 Å². The van der Waals surface area contributed by atoms with Gasteiger partial charge in [0.1, 0.15) is 5.60 Å². The summed E-state index contributed by atoms with van der Waals surface area (Å²) in [5.74, 6) is 0.590. The number of guanidine groups is 1. The quantitative estimate of drug-likeness (QED) is 0.161. The predicted molar refractivity (Wildman–Crippen MR) is 138 cm³/mol. The van der Waals surface area contributed by atoms with E-state index in [0.29, 0.717) is 31.2 Å². The molecule has 0 radical (unpaired) electrons. The summed E-state index contributed by atoms with van der Waals surface area (Å²) in [5.41, 5.74) is 1.50. The fourth-order valence-electron chi connectivity index (χ4n) is 2.91. The number of unbranched alkanes of at least 4 members (excludes halogenated alkanes) is 1. The highest BCUT2D eigenvalue weighted by Gasteiger charge is 2.22. The zero-order valence-electron chi connectivity index (χ0n) is 18.6. The third-order valence-corrected chi connectivity index (χ3v) is 4.79. The fourth-order valence-corrected chi connectivity index (χ4v) is 2.91. The lowest BCUT2D eigenvalue weighted by Gasteiger charge is -2.25. The van der Waals surface area contributed by atoms with E-state index in [-0.39, 0.29) is 29.9 Å². The molecule has 0 aromatic heterocycles. The number of nitrogens with one attached hydrogen (secondary N) is 3. The Morgan fingerprint density at radius 1 is 1.00 bits per heavy atom. The Balaban J connectivity index is 0.00000480. The highest BCUT2D eigenvalue weighted by atomic mass is 127. The first kappa shape index (κ1) is 26.9. The second-order valence-electron chi connectivity index (χ2n) is 7.49. The number of hydrogen-bond acceptors (Lipinski definition) is 3. The first-order valence-corrected chi connectivity index (χ1v) is 10.6. The molecule has 1 atom stereocenters. The van der Waals surface area contributed by atoms with Crippen molar-refractivity contribution in [3.05, 3.63) is 71.3 Å². The van der Waals surface area contributed by atoms with Crippen molar-refractivity contribution in [2.24, 2.45) is 4.99 Å². The maximum atomic E-state index is 12.1. The largest absolute Gasteiger partial charge is 0.384 e. The van der Waals surface area contributed by atoms with E-state index in [0.717, 1.165) is 30.5 Å². The highest BCUT2D eigenvalue weighted by molar-refractivity contribution is 14.0. The van der Waals surface area contributed by atoms with Crippen LogP contribution in [0.3, 0.4) is 0 Å². The Kier molecular flexibility index (Phi) is 12.2. The second kappa shape index (κ2) is 14.0. The van der Waals surface area contributed by atoms with Gasteiger partial charge in [-0.15, -0.1) is 24.0 Å². The summed E-state index contributed by atoms with van der Waals surface area (Å²) in [6, 6.07) is 17.1. The van der Waals surface area contributed by atoms with Gasteiger partial charge in [-0.2, -0.15) is 0 Å². The molecule has 0 aliphatic heterocycles. The van der Waals surface area contributed by atoms with Crippen molar-refractivity contribution in [1.82, 2.24) is 16.0 Å². The van der Waals surface area contributed by atoms with Crippen molar-refractivity contribution in [2.75, 3.05) is 19.6 Å². The molecule has 2 aromatic rings. The highest BCUT2D eigenvalue weighted by Crippen LogP contribution is 2.18. The SMILES string of the molecule is CCCCNC(=O)c1ccc(CN=C(NCC)NCC(C)(O)c2ccccc2)cc1.I. The van der Waals surface area contributed by atoms with Crippen LogP contribution in [0.15, 0.2) is 59.6 Å². The molecule has 1 amide bonds. The van der Waals surface area contributed by atoms with Crippen LogP contribution < -0.4 is 16.0 Å². The zero-order chi connectivity index (χ0) is 21.8. The minimum atomic E-state index is -1.01. The molecule has 0 saturated heterocycles. The van der Waals surface area contributed by atoms with Gasteiger partial charge in [0.05, 0.1) is 13.1 Å². The van der Waals surface area contributed by atoms with E-state index >= 15 is 0 Å². The normalized spacial score (nSPS) is 13.0. The molecule has 4 N–H and O–H groups in total.